The van der Waals surface area contributed by atoms with Crippen LogP contribution < -0.4 is 0 Å². The molecule has 0 aromatic heterocycles. The highest BCUT2D eigenvalue weighted by Crippen LogP contribution is 2.32. The molecule has 1 aromatic carbocycles. The molecule has 1 aliphatic rings. The summed E-state index contributed by atoms with van der Waals surface area (Å²) >= 11 is 0. The minimum atomic E-state index is -0.740. The molecule has 0 radical (unpaired) electrons. The van der Waals surface area contributed by atoms with Gasteiger partial charge in [-0.25, -0.2) is 0 Å². The molecule has 0 aliphatic carbocycles. The van der Waals surface area contributed by atoms with Crippen LogP contribution in [0.15, 0.2) is 24.3 Å². The molecular formula is C15H20O4. The summed E-state index contributed by atoms with van der Waals surface area (Å²) in [6, 6.07) is 8.13. The van der Waals surface area contributed by atoms with Gasteiger partial charge >= 0.3 is 5.97 Å². The van der Waals surface area contributed by atoms with Crippen LogP contribution in [0.3, 0.4) is 0 Å². The standard InChI is InChI=1S/C15H20O4/c1-15(2)18-10-13(19-15)12-8-6-11(7-9-12)4-3-5-14(16)17/h6-9,13H,3-5,10H2,1-2H3,(H,16,17). The number of hydrogen-bond acceptors (Lipinski definition) is 3. The Kier molecular flexibility index (Phi) is 4.22. The zero-order valence-corrected chi connectivity index (χ0v) is 11.4. The second-order valence-electron chi connectivity index (χ2n) is 5.31. The number of carboxylic acids is 1. The second-order valence-corrected chi connectivity index (χ2v) is 5.31. The van der Waals surface area contributed by atoms with Crippen LogP contribution in [0.2, 0.25) is 0 Å². The second kappa shape index (κ2) is 5.72. The highest BCUT2D eigenvalue weighted by atomic mass is 16.7. The summed E-state index contributed by atoms with van der Waals surface area (Å²) < 4.78 is 11.3. The summed E-state index contributed by atoms with van der Waals surface area (Å²) in [7, 11) is 0. The summed E-state index contributed by atoms with van der Waals surface area (Å²) in [4.78, 5) is 10.4. The molecule has 0 amide bonds. The Morgan fingerprint density at radius 1 is 1.37 bits per heavy atom. The van der Waals surface area contributed by atoms with E-state index in [0.29, 0.717) is 13.0 Å². The van der Waals surface area contributed by atoms with E-state index in [1.165, 1.54) is 0 Å². The predicted molar refractivity (Wildman–Crippen MR) is 70.9 cm³/mol. The maximum atomic E-state index is 10.4. The lowest BCUT2D eigenvalue weighted by molar-refractivity contribution is -0.139. The highest BCUT2D eigenvalue weighted by molar-refractivity contribution is 5.66. The molecule has 104 valence electrons. The molecule has 1 aromatic rings. The molecule has 0 spiro atoms. The Morgan fingerprint density at radius 3 is 2.58 bits per heavy atom. The minimum Gasteiger partial charge on any atom is -0.481 e. The maximum absolute atomic E-state index is 10.4. The molecule has 0 saturated carbocycles. The van der Waals surface area contributed by atoms with E-state index in [-0.39, 0.29) is 12.5 Å². The van der Waals surface area contributed by atoms with Crippen LogP contribution in [0, 0.1) is 0 Å². The molecule has 1 N–H and O–H groups in total. The normalized spacial score (nSPS) is 21.5. The first kappa shape index (κ1) is 14.0. The largest absolute Gasteiger partial charge is 0.481 e. The summed E-state index contributed by atoms with van der Waals surface area (Å²) in [6.45, 7) is 4.39. The van der Waals surface area contributed by atoms with Crippen LogP contribution in [0.1, 0.15) is 43.9 Å². The van der Waals surface area contributed by atoms with Crippen molar-refractivity contribution in [2.75, 3.05) is 6.61 Å². The smallest absolute Gasteiger partial charge is 0.303 e. The summed E-state index contributed by atoms with van der Waals surface area (Å²) in [5.74, 6) is -1.25. The Balaban J connectivity index is 1.90. The van der Waals surface area contributed by atoms with E-state index in [1.807, 2.05) is 38.1 Å². The fraction of sp³-hybridized carbons (Fsp3) is 0.533. The van der Waals surface area contributed by atoms with E-state index >= 15 is 0 Å². The molecule has 4 nitrogen and oxygen atoms in total. The molecule has 0 bridgehead atoms. The van der Waals surface area contributed by atoms with Gasteiger partial charge in [-0.1, -0.05) is 24.3 Å². The molecule has 2 rings (SSSR count). The molecular weight excluding hydrogens is 244 g/mol. The third kappa shape index (κ3) is 4.04. The van der Waals surface area contributed by atoms with Crippen LogP contribution in [-0.2, 0) is 20.7 Å². The first-order valence-corrected chi connectivity index (χ1v) is 6.59. The van der Waals surface area contributed by atoms with Gasteiger partial charge in [-0.2, -0.15) is 0 Å². The number of rotatable bonds is 5. The van der Waals surface area contributed by atoms with Crippen molar-refractivity contribution in [3.63, 3.8) is 0 Å². The molecule has 1 saturated heterocycles. The van der Waals surface area contributed by atoms with E-state index in [9.17, 15) is 4.79 Å². The van der Waals surface area contributed by atoms with E-state index in [2.05, 4.69) is 0 Å². The van der Waals surface area contributed by atoms with Crippen molar-refractivity contribution in [3.05, 3.63) is 35.4 Å². The van der Waals surface area contributed by atoms with Crippen LogP contribution in [0.4, 0.5) is 0 Å². The van der Waals surface area contributed by atoms with Gasteiger partial charge in [0.2, 0.25) is 0 Å². The molecule has 4 heteroatoms. The Bertz CT molecular complexity index is 436. The first-order chi connectivity index (χ1) is 8.96. The van der Waals surface area contributed by atoms with Crippen molar-refractivity contribution in [2.24, 2.45) is 0 Å². The lowest BCUT2D eigenvalue weighted by Crippen LogP contribution is -2.19. The number of carboxylic acid groups (broad SMARTS) is 1. The van der Waals surface area contributed by atoms with E-state index < -0.39 is 11.8 Å². The van der Waals surface area contributed by atoms with Gasteiger partial charge in [0.1, 0.15) is 6.10 Å². The van der Waals surface area contributed by atoms with Crippen molar-refractivity contribution in [2.45, 2.75) is 45.0 Å². The van der Waals surface area contributed by atoms with Gasteiger partial charge in [-0.05, 0) is 37.8 Å². The summed E-state index contributed by atoms with van der Waals surface area (Å²) in [5.41, 5.74) is 2.26. The topological polar surface area (TPSA) is 55.8 Å². The summed E-state index contributed by atoms with van der Waals surface area (Å²) in [5, 5.41) is 8.60. The lowest BCUT2D eigenvalue weighted by atomic mass is 10.0. The molecule has 1 aliphatic heterocycles. The van der Waals surface area contributed by atoms with Gasteiger partial charge in [-0.3, -0.25) is 4.79 Å². The fourth-order valence-corrected chi connectivity index (χ4v) is 2.19. The van der Waals surface area contributed by atoms with Gasteiger partial charge in [0, 0.05) is 6.42 Å². The monoisotopic (exact) mass is 264 g/mol. The zero-order valence-electron chi connectivity index (χ0n) is 11.4. The number of hydrogen-bond donors (Lipinski definition) is 1. The minimum absolute atomic E-state index is 0.0110. The zero-order chi connectivity index (χ0) is 13.9. The highest BCUT2D eigenvalue weighted by Gasteiger charge is 2.33. The van der Waals surface area contributed by atoms with Crippen molar-refractivity contribution < 1.29 is 19.4 Å². The van der Waals surface area contributed by atoms with Crippen LogP contribution in [0.5, 0.6) is 0 Å². The Hall–Kier alpha value is -1.39. The van der Waals surface area contributed by atoms with E-state index in [0.717, 1.165) is 17.5 Å². The molecule has 1 unspecified atom stereocenters. The van der Waals surface area contributed by atoms with Gasteiger partial charge < -0.3 is 14.6 Å². The number of aliphatic carboxylic acids is 1. The number of aryl methyl sites for hydroxylation is 1. The number of benzene rings is 1. The Labute approximate surface area is 113 Å². The molecule has 1 atom stereocenters. The number of ether oxygens (including phenoxy) is 2. The van der Waals surface area contributed by atoms with Gasteiger partial charge in [0.25, 0.3) is 0 Å². The average molecular weight is 264 g/mol. The number of carbonyl (C=O) groups is 1. The van der Waals surface area contributed by atoms with Crippen molar-refractivity contribution >= 4 is 5.97 Å². The lowest BCUT2D eigenvalue weighted by Gasteiger charge is -2.17. The van der Waals surface area contributed by atoms with E-state index in [4.69, 9.17) is 14.6 Å². The van der Waals surface area contributed by atoms with Gasteiger partial charge in [0.05, 0.1) is 6.61 Å². The third-order valence-electron chi connectivity index (χ3n) is 3.22. The van der Waals surface area contributed by atoms with E-state index in [1.54, 1.807) is 0 Å². The third-order valence-corrected chi connectivity index (χ3v) is 3.22. The molecule has 19 heavy (non-hydrogen) atoms. The van der Waals surface area contributed by atoms with Crippen LogP contribution >= 0.6 is 0 Å². The fourth-order valence-electron chi connectivity index (χ4n) is 2.19. The Morgan fingerprint density at radius 2 is 2.05 bits per heavy atom. The van der Waals surface area contributed by atoms with Crippen molar-refractivity contribution in [3.8, 4) is 0 Å². The average Bonchev–Trinajstić information content (AvgIpc) is 2.70. The predicted octanol–water partition coefficient (Wildman–Crippen LogP) is 2.92. The molecule has 1 heterocycles. The van der Waals surface area contributed by atoms with Gasteiger partial charge in [0.15, 0.2) is 5.79 Å². The van der Waals surface area contributed by atoms with Crippen molar-refractivity contribution in [1.82, 2.24) is 0 Å². The maximum Gasteiger partial charge on any atom is 0.303 e. The quantitative estimate of drug-likeness (QED) is 0.888. The van der Waals surface area contributed by atoms with Crippen molar-refractivity contribution in [1.29, 1.82) is 0 Å². The van der Waals surface area contributed by atoms with Crippen LogP contribution in [-0.4, -0.2) is 23.5 Å². The van der Waals surface area contributed by atoms with Gasteiger partial charge in [-0.15, -0.1) is 0 Å². The SMILES string of the molecule is CC1(C)OCC(c2ccc(CCCC(=O)O)cc2)O1. The summed E-state index contributed by atoms with van der Waals surface area (Å²) in [6.07, 6.45) is 1.67. The molecule has 1 fully saturated rings. The first-order valence-electron chi connectivity index (χ1n) is 6.59. The van der Waals surface area contributed by atoms with Crippen LogP contribution in [0.25, 0.3) is 0 Å².